The number of nitrogens with zero attached hydrogens (tertiary/aromatic N) is 2. The predicted octanol–water partition coefficient (Wildman–Crippen LogP) is 2.47. The number of fused-ring (bicyclic) bond motifs is 4. The number of hydrogen-bond acceptors (Lipinski definition) is 5. The van der Waals surface area contributed by atoms with Crippen molar-refractivity contribution in [3.63, 3.8) is 0 Å². The van der Waals surface area contributed by atoms with E-state index in [4.69, 9.17) is 0 Å². The van der Waals surface area contributed by atoms with Gasteiger partial charge in [-0.2, -0.15) is 5.26 Å². The van der Waals surface area contributed by atoms with Gasteiger partial charge in [0.1, 0.15) is 22.7 Å². The van der Waals surface area contributed by atoms with Crippen molar-refractivity contribution in [1.29, 1.82) is 5.26 Å². The molecule has 0 bridgehead atoms. The van der Waals surface area contributed by atoms with Crippen LogP contribution in [0.5, 0.6) is 11.5 Å². The normalized spacial score (nSPS) is 12.8. The summed E-state index contributed by atoms with van der Waals surface area (Å²) in [5.74, 6) is -1.58. The van der Waals surface area contributed by atoms with Crippen molar-refractivity contribution in [2.45, 2.75) is 6.92 Å². The SMILES string of the molecule is Cc1cc(O)c2c(c1)c1c(n2C#N)C(=O)c2c(O)cccc2C1=O. The zero-order valence-electron chi connectivity index (χ0n) is 12.5. The molecule has 1 aromatic heterocycles. The molecule has 2 aromatic carbocycles. The number of hydrogen-bond donors (Lipinski definition) is 2. The summed E-state index contributed by atoms with van der Waals surface area (Å²) in [4.78, 5) is 25.8. The molecule has 4 rings (SSSR count). The van der Waals surface area contributed by atoms with Crippen LogP contribution in [-0.2, 0) is 0 Å². The number of phenolic OH excluding ortho intramolecular Hbond substituents is 2. The van der Waals surface area contributed by atoms with Crippen molar-refractivity contribution in [2.24, 2.45) is 0 Å². The van der Waals surface area contributed by atoms with Crippen LogP contribution in [0, 0.1) is 18.4 Å². The zero-order chi connectivity index (χ0) is 17.2. The third kappa shape index (κ3) is 1.53. The second kappa shape index (κ2) is 4.46. The molecule has 0 aliphatic heterocycles. The molecule has 24 heavy (non-hydrogen) atoms. The molecule has 6 heteroatoms. The van der Waals surface area contributed by atoms with Gasteiger partial charge in [-0.1, -0.05) is 12.1 Å². The summed E-state index contributed by atoms with van der Waals surface area (Å²) in [5.41, 5.74) is 0.721. The lowest BCUT2D eigenvalue weighted by Crippen LogP contribution is -2.22. The van der Waals surface area contributed by atoms with Gasteiger partial charge in [0.2, 0.25) is 5.78 Å². The molecule has 6 nitrogen and oxygen atoms in total. The molecule has 3 aromatic rings. The van der Waals surface area contributed by atoms with Crippen LogP contribution in [0.3, 0.4) is 0 Å². The number of phenols is 2. The molecule has 1 heterocycles. The lowest BCUT2D eigenvalue weighted by Gasteiger charge is -2.16. The largest absolute Gasteiger partial charge is 0.507 e. The fourth-order valence-corrected chi connectivity index (χ4v) is 3.30. The first kappa shape index (κ1) is 14.0. The smallest absolute Gasteiger partial charge is 0.215 e. The second-order valence-electron chi connectivity index (χ2n) is 5.70. The van der Waals surface area contributed by atoms with Gasteiger partial charge in [0.25, 0.3) is 0 Å². The number of ketones is 2. The molecular formula is C18H10N2O4. The highest BCUT2D eigenvalue weighted by molar-refractivity contribution is 6.33. The van der Waals surface area contributed by atoms with Gasteiger partial charge in [0.15, 0.2) is 12.0 Å². The van der Waals surface area contributed by atoms with Crippen LogP contribution in [0.4, 0.5) is 0 Å². The number of rotatable bonds is 0. The maximum atomic E-state index is 12.9. The van der Waals surface area contributed by atoms with E-state index in [0.717, 1.165) is 4.57 Å². The van der Waals surface area contributed by atoms with Gasteiger partial charge in [-0.3, -0.25) is 9.59 Å². The first-order chi connectivity index (χ1) is 11.5. The minimum absolute atomic E-state index is 0.0775. The molecule has 0 amide bonds. The van der Waals surface area contributed by atoms with E-state index >= 15 is 0 Å². The van der Waals surface area contributed by atoms with Crippen molar-refractivity contribution < 1.29 is 19.8 Å². The van der Waals surface area contributed by atoms with E-state index in [2.05, 4.69) is 0 Å². The van der Waals surface area contributed by atoms with Gasteiger partial charge in [-0.05, 0) is 30.7 Å². The Labute approximate surface area is 135 Å². The number of nitriles is 1. The number of aromatic hydroxyl groups is 2. The second-order valence-corrected chi connectivity index (χ2v) is 5.70. The summed E-state index contributed by atoms with van der Waals surface area (Å²) in [6, 6.07) is 7.37. The van der Waals surface area contributed by atoms with E-state index in [-0.39, 0.29) is 39.4 Å². The Kier molecular flexibility index (Phi) is 2.61. The Hall–Kier alpha value is -3.59. The van der Waals surface area contributed by atoms with E-state index in [1.807, 2.05) is 6.19 Å². The summed E-state index contributed by atoms with van der Waals surface area (Å²) < 4.78 is 0.953. The Morgan fingerprint density at radius 3 is 2.50 bits per heavy atom. The van der Waals surface area contributed by atoms with E-state index in [9.17, 15) is 25.1 Å². The lowest BCUT2D eigenvalue weighted by molar-refractivity contribution is 0.0974. The maximum absolute atomic E-state index is 12.9. The molecule has 0 saturated carbocycles. The van der Waals surface area contributed by atoms with Crippen LogP contribution in [0.2, 0.25) is 0 Å². The van der Waals surface area contributed by atoms with Crippen LogP contribution in [0.15, 0.2) is 30.3 Å². The molecule has 0 unspecified atom stereocenters. The summed E-state index contributed by atoms with van der Waals surface area (Å²) in [6.07, 6.45) is 1.84. The van der Waals surface area contributed by atoms with Gasteiger partial charge in [-0.15, -0.1) is 0 Å². The van der Waals surface area contributed by atoms with Gasteiger partial charge >= 0.3 is 0 Å². The van der Waals surface area contributed by atoms with Crippen molar-refractivity contribution >= 4 is 22.5 Å². The number of carbonyl (C=O) groups excluding carboxylic acids is 2. The van der Waals surface area contributed by atoms with Crippen LogP contribution in [0.25, 0.3) is 10.9 Å². The van der Waals surface area contributed by atoms with Crippen LogP contribution >= 0.6 is 0 Å². The molecule has 2 N–H and O–H groups in total. The number of aromatic nitrogens is 1. The summed E-state index contributed by atoms with van der Waals surface area (Å²) >= 11 is 0. The minimum Gasteiger partial charge on any atom is -0.507 e. The predicted molar refractivity (Wildman–Crippen MR) is 84.3 cm³/mol. The molecule has 0 spiro atoms. The fourth-order valence-electron chi connectivity index (χ4n) is 3.30. The molecule has 0 fully saturated rings. The molecular weight excluding hydrogens is 308 g/mol. The number of carbonyl (C=O) groups is 2. The van der Waals surface area contributed by atoms with Gasteiger partial charge in [0.05, 0.1) is 11.1 Å². The summed E-state index contributed by atoms with van der Waals surface area (Å²) in [5, 5.41) is 30.0. The van der Waals surface area contributed by atoms with Crippen molar-refractivity contribution in [3.8, 4) is 17.7 Å². The van der Waals surface area contributed by atoms with Crippen molar-refractivity contribution in [2.75, 3.05) is 0 Å². The molecule has 116 valence electrons. The molecule has 0 saturated heterocycles. The van der Waals surface area contributed by atoms with Crippen molar-refractivity contribution in [1.82, 2.24) is 4.57 Å². The quantitative estimate of drug-likeness (QED) is 0.518. The Morgan fingerprint density at radius 2 is 1.79 bits per heavy atom. The van der Waals surface area contributed by atoms with Crippen LogP contribution < -0.4 is 0 Å². The molecule has 0 radical (unpaired) electrons. The van der Waals surface area contributed by atoms with Crippen molar-refractivity contribution in [3.05, 3.63) is 58.3 Å². The third-order valence-electron chi connectivity index (χ3n) is 4.24. The molecule has 1 aliphatic rings. The summed E-state index contributed by atoms with van der Waals surface area (Å²) in [7, 11) is 0. The average Bonchev–Trinajstić information content (AvgIpc) is 2.87. The lowest BCUT2D eigenvalue weighted by atomic mass is 9.86. The number of aryl methyl sites for hydroxylation is 1. The van der Waals surface area contributed by atoms with Crippen LogP contribution in [-0.4, -0.2) is 26.3 Å². The first-order valence-electron chi connectivity index (χ1n) is 7.15. The third-order valence-corrected chi connectivity index (χ3v) is 4.24. The average molecular weight is 318 g/mol. The highest BCUT2D eigenvalue weighted by atomic mass is 16.3. The van der Waals surface area contributed by atoms with Gasteiger partial charge < -0.3 is 10.2 Å². The fraction of sp³-hybridized carbons (Fsp3) is 0.0556. The van der Waals surface area contributed by atoms with Gasteiger partial charge in [0, 0.05) is 10.9 Å². The Morgan fingerprint density at radius 1 is 1.04 bits per heavy atom. The monoisotopic (exact) mass is 318 g/mol. The van der Waals surface area contributed by atoms with Gasteiger partial charge in [-0.25, -0.2) is 4.57 Å². The Balaban J connectivity index is 2.23. The van der Waals surface area contributed by atoms with E-state index in [1.165, 1.54) is 24.3 Å². The van der Waals surface area contributed by atoms with E-state index < -0.39 is 11.6 Å². The number of benzene rings is 2. The van der Waals surface area contributed by atoms with Crippen LogP contribution in [0.1, 0.15) is 37.5 Å². The highest BCUT2D eigenvalue weighted by Crippen LogP contribution is 2.40. The standard InChI is InChI=1S/C18H10N2O4/c1-8-5-10-14-16(20(7-19)15(10)12(22)6-8)18(24)13-9(17(14)23)3-2-4-11(13)21/h2-6,21-22H,1H3. The zero-order valence-corrected chi connectivity index (χ0v) is 12.5. The van der Waals surface area contributed by atoms with E-state index in [1.54, 1.807) is 13.0 Å². The minimum atomic E-state index is -0.618. The molecule has 1 aliphatic carbocycles. The van der Waals surface area contributed by atoms with E-state index in [0.29, 0.717) is 10.9 Å². The maximum Gasteiger partial charge on any atom is 0.215 e. The first-order valence-corrected chi connectivity index (χ1v) is 7.15. The topological polar surface area (TPSA) is 103 Å². The summed E-state index contributed by atoms with van der Waals surface area (Å²) in [6.45, 7) is 1.74. The highest BCUT2D eigenvalue weighted by Gasteiger charge is 2.38. The molecule has 0 atom stereocenters. The Bertz CT molecular complexity index is 1130.